The highest BCUT2D eigenvalue weighted by Crippen LogP contribution is 2.39. The summed E-state index contributed by atoms with van der Waals surface area (Å²) >= 11 is 0. The lowest BCUT2D eigenvalue weighted by Crippen LogP contribution is -2.69. The quantitative estimate of drug-likeness (QED) is 0.853. The number of benzene rings is 1. The molecule has 1 aromatic rings. The topological polar surface area (TPSA) is 44.4 Å². The van der Waals surface area contributed by atoms with Crippen LogP contribution in [0.1, 0.15) is 71.3 Å². The summed E-state index contributed by atoms with van der Waals surface area (Å²) < 4.78 is 0. The van der Waals surface area contributed by atoms with Crippen LogP contribution in [0.15, 0.2) is 24.3 Å². The number of hydrogen-bond acceptors (Lipinski definition) is 3. The lowest BCUT2D eigenvalue weighted by molar-refractivity contribution is -0.128. The third-order valence-electron chi connectivity index (χ3n) is 6.99. The minimum absolute atomic E-state index is 0.0647. The first-order valence-corrected chi connectivity index (χ1v) is 10.8. The molecule has 2 saturated heterocycles. The van der Waals surface area contributed by atoms with Gasteiger partial charge in [-0.2, -0.15) is 0 Å². The summed E-state index contributed by atoms with van der Waals surface area (Å²) in [6.45, 7) is 9.02. The number of carbonyl (C=O) groups excluding carboxylic acids is 1. The Hall–Kier alpha value is -1.55. The van der Waals surface area contributed by atoms with E-state index in [-0.39, 0.29) is 16.9 Å². The van der Waals surface area contributed by atoms with Crippen molar-refractivity contribution in [2.75, 3.05) is 18.0 Å². The van der Waals surface area contributed by atoms with Crippen LogP contribution in [0, 0.1) is 0 Å². The van der Waals surface area contributed by atoms with Crippen molar-refractivity contribution in [2.24, 2.45) is 0 Å². The Balaban J connectivity index is 1.32. The molecule has 1 aromatic carbocycles. The van der Waals surface area contributed by atoms with Crippen molar-refractivity contribution in [1.29, 1.82) is 0 Å². The Morgan fingerprint density at radius 3 is 2.30 bits per heavy atom. The molecule has 1 amide bonds. The molecule has 0 aromatic heterocycles. The number of nitrogens with zero attached hydrogens (tertiary/aromatic N) is 1. The van der Waals surface area contributed by atoms with Gasteiger partial charge in [0.25, 0.3) is 0 Å². The fourth-order valence-corrected chi connectivity index (χ4v) is 5.01. The van der Waals surface area contributed by atoms with Crippen LogP contribution >= 0.6 is 0 Å². The van der Waals surface area contributed by atoms with Crippen molar-refractivity contribution < 1.29 is 4.79 Å². The maximum absolute atomic E-state index is 11.8. The van der Waals surface area contributed by atoms with Crippen LogP contribution in [-0.4, -0.2) is 36.6 Å². The second-order valence-electron chi connectivity index (χ2n) is 9.87. The summed E-state index contributed by atoms with van der Waals surface area (Å²) in [5.41, 5.74) is 3.02. The van der Waals surface area contributed by atoms with E-state index in [0.29, 0.717) is 18.5 Å². The van der Waals surface area contributed by atoms with Gasteiger partial charge < -0.3 is 15.5 Å². The van der Waals surface area contributed by atoms with Gasteiger partial charge in [-0.15, -0.1) is 0 Å². The van der Waals surface area contributed by atoms with E-state index in [2.05, 4.69) is 60.6 Å². The molecule has 4 heteroatoms. The molecule has 1 spiro atoms. The highest BCUT2D eigenvalue weighted by atomic mass is 16.1. The number of amides is 1. The van der Waals surface area contributed by atoms with E-state index in [1.807, 2.05) is 0 Å². The highest BCUT2D eigenvalue weighted by molar-refractivity contribution is 5.78. The zero-order valence-electron chi connectivity index (χ0n) is 17.2. The summed E-state index contributed by atoms with van der Waals surface area (Å²) in [4.78, 5) is 14.4. The first-order valence-electron chi connectivity index (χ1n) is 10.8. The lowest BCUT2D eigenvalue weighted by Gasteiger charge is -2.52. The Labute approximate surface area is 164 Å². The van der Waals surface area contributed by atoms with Gasteiger partial charge in [0.15, 0.2) is 0 Å². The molecule has 2 heterocycles. The molecule has 27 heavy (non-hydrogen) atoms. The van der Waals surface area contributed by atoms with Gasteiger partial charge >= 0.3 is 0 Å². The average Bonchev–Trinajstić information content (AvgIpc) is 2.62. The molecule has 1 aliphatic carbocycles. The standard InChI is InChI=1S/C23H35N3O/c1-22(2,3)17-5-7-19(8-6-17)26-15-11-18(12-16-26)24-20-9-10-21(27)25-23(20)13-4-14-23/h5-8,18,20,24H,4,9-16H2,1-3H3,(H,25,27). The zero-order chi connectivity index (χ0) is 19.1. The number of nitrogens with one attached hydrogen (secondary N) is 2. The zero-order valence-corrected chi connectivity index (χ0v) is 17.2. The van der Waals surface area contributed by atoms with Gasteiger partial charge in [0.1, 0.15) is 0 Å². The molecule has 1 saturated carbocycles. The Bertz CT molecular complexity index is 664. The predicted molar refractivity (Wildman–Crippen MR) is 111 cm³/mol. The summed E-state index contributed by atoms with van der Waals surface area (Å²) in [6.07, 6.45) is 7.59. The summed E-state index contributed by atoms with van der Waals surface area (Å²) in [5, 5.41) is 7.24. The monoisotopic (exact) mass is 369 g/mol. The van der Waals surface area contributed by atoms with Crippen molar-refractivity contribution >= 4 is 11.6 Å². The molecular weight excluding hydrogens is 334 g/mol. The second kappa shape index (κ2) is 7.12. The maximum atomic E-state index is 11.8. The fourth-order valence-electron chi connectivity index (χ4n) is 5.01. The van der Waals surface area contributed by atoms with E-state index in [0.717, 1.165) is 32.4 Å². The van der Waals surface area contributed by atoms with Crippen LogP contribution in [0.25, 0.3) is 0 Å². The Kier molecular flexibility index (Phi) is 4.96. The van der Waals surface area contributed by atoms with E-state index in [1.165, 1.54) is 30.5 Å². The maximum Gasteiger partial charge on any atom is 0.220 e. The highest BCUT2D eigenvalue weighted by Gasteiger charge is 2.48. The van der Waals surface area contributed by atoms with Crippen LogP contribution in [0.2, 0.25) is 0 Å². The number of hydrogen-bond donors (Lipinski definition) is 2. The van der Waals surface area contributed by atoms with E-state index >= 15 is 0 Å². The van der Waals surface area contributed by atoms with Crippen molar-refractivity contribution in [3.8, 4) is 0 Å². The first-order chi connectivity index (χ1) is 12.9. The van der Waals surface area contributed by atoms with Crippen molar-refractivity contribution in [2.45, 2.75) is 88.8 Å². The largest absolute Gasteiger partial charge is 0.371 e. The minimum Gasteiger partial charge on any atom is -0.371 e. The van der Waals surface area contributed by atoms with Crippen LogP contribution in [0.5, 0.6) is 0 Å². The molecule has 148 valence electrons. The van der Waals surface area contributed by atoms with E-state index in [9.17, 15) is 4.79 Å². The summed E-state index contributed by atoms with van der Waals surface area (Å²) in [5.74, 6) is 0.251. The molecule has 0 bridgehead atoms. The SMILES string of the molecule is CC(C)(C)c1ccc(N2CCC(NC3CCC(=O)NC34CCC4)CC2)cc1. The third-order valence-corrected chi connectivity index (χ3v) is 6.99. The van der Waals surface area contributed by atoms with E-state index < -0.39 is 0 Å². The smallest absolute Gasteiger partial charge is 0.220 e. The summed E-state index contributed by atoms with van der Waals surface area (Å²) in [6, 6.07) is 10.2. The van der Waals surface area contributed by atoms with Crippen LogP contribution in [0.4, 0.5) is 5.69 Å². The Morgan fingerprint density at radius 2 is 1.74 bits per heavy atom. The van der Waals surface area contributed by atoms with Gasteiger partial charge in [0.2, 0.25) is 5.91 Å². The average molecular weight is 370 g/mol. The number of carbonyl (C=O) groups is 1. The Morgan fingerprint density at radius 1 is 1.07 bits per heavy atom. The molecule has 4 rings (SSSR count). The fraction of sp³-hybridized carbons (Fsp3) is 0.696. The summed E-state index contributed by atoms with van der Waals surface area (Å²) in [7, 11) is 0. The van der Waals surface area contributed by atoms with Crippen molar-refractivity contribution in [3.05, 3.63) is 29.8 Å². The third kappa shape index (κ3) is 3.87. The van der Waals surface area contributed by atoms with Crippen LogP contribution in [-0.2, 0) is 10.2 Å². The van der Waals surface area contributed by atoms with Gasteiger partial charge in [0, 0.05) is 37.3 Å². The van der Waals surface area contributed by atoms with Crippen molar-refractivity contribution in [1.82, 2.24) is 10.6 Å². The van der Waals surface area contributed by atoms with Crippen molar-refractivity contribution in [3.63, 3.8) is 0 Å². The van der Waals surface area contributed by atoms with Gasteiger partial charge in [-0.3, -0.25) is 4.79 Å². The van der Waals surface area contributed by atoms with Gasteiger partial charge in [-0.25, -0.2) is 0 Å². The molecule has 1 atom stereocenters. The van der Waals surface area contributed by atoms with Gasteiger partial charge in [-0.1, -0.05) is 32.9 Å². The molecule has 4 nitrogen and oxygen atoms in total. The van der Waals surface area contributed by atoms with Gasteiger partial charge in [-0.05, 0) is 61.6 Å². The minimum atomic E-state index is 0.0647. The van der Waals surface area contributed by atoms with E-state index in [1.54, 1.807) is 0 Å². The van der Waals surface area contributed by atoms with E-state index in [4.69, 9.17) is 0 Å². The molecular formula is C23H35N3O. The second-order valence-corrected chi connectivity index (χ2v) is 9.87. The van der Waals surface area contributed by atoms with Crippen LogP contribution in [0.3, 0.4) is 0 Å². The molecule has 3 aliphatic rings. The lowest BCUT2D eigenvalue weighted by atomic mass is 9.68. The molecule has 2 N–H and O–H groups in total. The number of rotatable bonds is 3. The first kappa shape index (κ1) is 18.8. The normalized spacial score (nSPS) is 26.0. The molecule has 1 unspecified atom stereocenters. The number of anilines is 1. The molecule has 3 fully saturated rings. The van der Waals surface area contributed by atoms with Crippen LogP contribution < -0.4 is 15.5 Å². The molecule has 0 radical (unpaired) electrons. The molecule has 2 aliphatic heterocycles. The number of piperidine rings is 2. The predicted octanol–water partition coefficient (Wildman–Crippen LogP) is 3.74. The van der Waals surface area contributed by atoms with Gasteiger partial charge in [0.05, 0.1) is 5.54 Å².